The molecule has 0 amide bonds. The van der Waals surface area contributed by atoms with Crippen LogP contribution in [0.25, 0.3) is 0 Å². The average molecular weight is 217 g/mol. The summed E-state index contributed by atoms with van der Waals surface area (Å²) in [5.41, 5.74) is 0.842. The Morgan fingerprint density at radius 1 is 1.07 bits per heavy atom. The lowest BCUT2D eigenvalue weighted by molar-refractivity contribution is 0.0110. The Labute approximate surface area is 98.9 Å². The Morgan fingerprint density at radius 3 is 2.07 bits per heavy atom. The second-order valence-electron chi connectivity index (χ2n) is 4.74. The van der Waals surface area contributed by atoms with E-state index in [1.807, 2.05) is 41.5 Å². The van der Waals surface area contributed by atoms with E-state index < -0.39 is 18.3 Å². The molecule has 0 saturated heterocycles. The van der Waals surface area contributed by atoms with Gasteiger partial charge >= 0.3 is 0 Å². The van der Waals surface area contributed by atoms with Crippen LogP contribution in [0.1, 0.15) is 52.6 Å². The van der Waals surface area contributed by atoms with E-state index >= 15 is 0 Å². The predicted molar refractivity (Wildman–Crippen MR) is 65.2 cm³/mol. The maximum absolute atomic E-state index is 7.20. The summed E-state index contributed by atoms with van der Waals surface area (Å²) in [7, 11) is -1.31. The molecule has 0 spiro atoms. The Balaban J connectivity index is 5.08. The highest BCUT2D eigenvalue weighted by Crippen LogP contribution is 2.30. The number of hydrogen-bond donors (Lipinski definition) is 0. The van der Waals surface area contributed by atoms with Crippen molar-refractivity contribution in [3.05, 3.63) is 11.1 Å². The summed E-state index contributed by atoms with van der Waals surface area (Å²) in [6, 6.07) is 0. The molecular weight excluding hydrogens is 188 g/mol. The first-order valence-electron chi connectivity index (χ1n) is 7.04. The van der Waals surface area contributed by atoms with Gasteiger partial charge in [0.2, 0.25) is 0 Å². The molecule has 0 N–H and O–H groups in total. The van der Waals surface area contributed by atoms with Crippen molar-refractivity contribution in [2.45, 2.75) is 59.6 Å². The fourth-order valence-electron chi connectivity index (χ4n) is 1.35. The first kappa shape index (κ1) is 9.86. The molecular formula is C13H26O2. The van der Waals surface area contributed by atoms with Crippen LogP contribution in [0.4, 0.5) is 0 Å². The molecule has 15 heavy (non-hydrogen) atoms. The summed E-state index contributed by atoms with van der Waals surface area (Å²) in [4.78, 5) is 0. The van der Waals surface area contributed by atoms with Gasteiger partial charge in [0, 0.05) is 15.0 Å². The zero-order valence-corrected chi connectivity index (χ0v) is 10.8. The van der Waals surface area contributed by atoms with Gasteiger partial charge in [0.15, 0.2) is 0 Å². The molecule has 0 aliphatic carbocycles. The van der Waals surface area contributed by atoms with Crippen LogP contribution in [0.3, 0.4) is 0 Å². The molecule has 0 bridgehead atoms. The quantitative estimate of drug-likeness (QED) is 0.656. The van der Waals surface area contributed by atoms with Gasteiger partial charge in [-0.15, -0.1) is 0 Å². The Morgan fingerprint density at radius 2 is 1.60 bits per heavy atom. The lowest BCUT2D eigenvalue weighted by Crippen LogP contribution is -2.32. The van der Waals surface area contributed by atoms with Crippen molar-refractivity contribution in [1.29, 1.82) is 0 Å². The van der Waals surface area contributed by atoms with Crippen LogP contribution in [0, 0.1) is 0 Å². The van der Waals surface area contributed by atoms with Crippen LogP contribution in [-0.2, 0) is 9.47 Å². The molecule has 0 aliphatic heterocycles. The Bertz CT molecular complexity index is 297. The molecule has 2 heteroatoms. The van der Waals surface area contributed by atoms with Gasteiger partial charge in [-0.1, -0.05) is 0 Å². The summed E-state index contributed by atoms with van der Waals surface area (Å²) in [5, 5.41) is 0. The van der Waals surface area contributed by atoms with Crippen molar-refractivity contribution in [3.8, 4) is 0 Å². The van der Waals surface area contributed by atoms with Gasteiger partial charge in [-0.05, 0) is 59.6 Å². The minimum absolute atomic E-state index is 0.233. The molecule has 0 aromatic carbocycles. The summed E-state index contributed by atoms with van der Waals surface area (Å²) in [6.45, 7) is 12.1. The number of ether oxygens (including phenoxy) is 2. The topological polar surface area (TPSA) is 18.5 Å². The smallest absolute Gasteiger partial charge is 0.0836 e. The zero-order valence-electron chi connectivity index (χ0n) is 13.8. The van der Waals surface area contributed by atoms with Crippen LogP contribution in [0.5, 0.6) is 0 Å². The van der Waals surface area contributed by atoms with E-state index in [0.717, 1.165) is 11.1 Å². The summed E-state index contributed by atoms with van der Waals surface area (Å²) >= 11 is 0. The second-order valence-corrected chi connectivity index (χ2v) is 4.74. The van der Waals surface area contributed by atoms with Crippen molar-refractivity contribution < 1.29 is 13.6 Å². The fourth-order valence-corrected chi connectivity index (χ4v) is 1.35. The average Bonchev–Trinajstić information content (AvgIpc) is 2.22. The van der Waals surface area contributed by atoms with E-state index in [1.165, 1.54) is 0 Å². The molecule has 90 valence electrons. The van der Waals surface area contributed by atoms with Crippen LogP contribution in [0.15, 0.2) is 11.1 Å². The molecule has 0 saturated carbocycles. The second kappa shape index (κ2) is 5.13. The Hall–Kier alpha value is -0.340. The molecule has 0 heterocycles. The number of hydrogen-bond acceptors (Lipinski definition) is 2. The van der Waals surface area contributed by atoms with Crippen molar-refractivity contribution >= 4 is 0 Å². The van der Waals surface area contributed by atoms with Crippen molar-refractivity contribution in [1.82, 2.24) is 0 Å². The van der Waals surface area contributed by atoms with Crippen LogP contribution in [0.2, 0.25) is 0 Å². The number of rotatable bonds is 5. The summed E-state index contributed by atoms with van der Waals surface area (Å²) in [6.07, 6.45) is 0. The standard InChI is InChI=1S/C13H26O2/c1-9-15-13(6,7)11(3)10(2)12(4,5)14-8/h9H2,1-8H3/b11-10-/i1D,8D2. The fraction of sp³-hybridized carbons (Fsp3) is 0.846. The van der Waals surface area contributed by atoms with E-state index in [9.17, 15) is 0 Å². The third-order valence-electron chi connectivity index (χ3n) is 3.13. The van der Waals surface area contributed by atoms with Gasteiger partial charge in [0.1, 0.15) is 0 Å². The minimum Gasteiger partial charge on any atom is -0.374 e. The van der Waals surface area contributed by atoms with Crippen LogP contribution >= 0.6 is 0 Å². The molecule has 0 aromatic rings. The highest BCUT2D eigenvalue weighted by Gasteiger charge is 2.28. The minimum atomic E-state index is -1.31. The molecule has 0 aliphatic rings. The molecule has 0 aromatic heterocycles. The third-order valence-corrected chi connectivity index (χ3v) is 3.13. The van der Waals surface area contributed by atoms with E-state index in [4.69, 9.17) is 13.6 Å². The van der Waals surface area contributed by atoms with Gasteiger partial charge in [-0.3, -0.25) is 0 Å². The summed E-state index contributed by atoms with van der Waals surface area (Å²) in [5.74, 6) is 0. The van der Waals surface area contributed by atoms with E-state index in [-0.39, 0.29) is 6.90 Å². The number of methoxy groups -OCH3 is 1. The maximum Gasteiger partial charge on any atom is 0.0836 e. The van der Waals surface area contributed by atoms with Crippen molar-refractivity contribution in [3.63, 3.8) is 0 Å². The lowest BCUT2D eigenvalue weighted by Gasteiger charge is -2.33. The molecule has 0 fully saturated rings. The van der Waals surface area contributed by atoms with Gasteiger partial charge in [0.05, 0.1) is 13.9 Å². The largest absolute Gasteiger partial charge is 0.374 e. The molecule has 0 unspecified atom stereocenters. The normalized spacial score (nSPS) is 18.2. The monoisotopic (exact) mass is 217 g/mol. The van der Waals surface area contributed by atoms with Crippen LogP contribution in [-0.4, -0.2) is 24.9 Å². The summed E-state index contributed by atoms with van der Waals surface area (Å²) < 4.78 is 32.5. The Kier molecular flexibility index (Phi) is 3.37. The van der Waals surface area contributed by atoms with E-state index in [0.29, 0.717) is 6.61 Å². The highest BCUT2D eigenvalue weighted by atomic mass is 16.5. The maximum atomic E-state index is 7.20. The first-order chi connectivity index (χ1) is 8.04. The predicted octanol–water partition coefficient (Wildman–Crippen LogP) is 3.56. The van der Waals surface area contributed by atoms with Gasteiger partial charge in [-0.2, -0.15) is 0 Å². The van der Waals surface area contributed by atoms with E-state index in [1.54, 1.807) is 0 Å². The van der Waals surface area contributed by atoms with Crippen molar-refractivity contribution in [2.24, 2.45) is 0 Å². The van der Waals surface area contributed by atoms with Gasteiger partial charge in [-0.25, -0.2) is 0 Å². The highest BCUT2D eigenvalue weighted by molar-refractivity contribution is 5.25. The zero-order chi connectivity index (χ0) is 14.6. The van der Waals surface area contributed by atoms with Crippen molar-refractivity contribution in [2.75, 3.05) is 13.7 Å². The van der Waals surface area contributed by atoms with Crippen LogP contribution < -0.4 is 0 Å². The molecule has 0 atom stereocenters. The van der Waals surface area contributed by atoms with E-state index in [2.05, 4.69) is 0 Å². The molecule has 2 nitrogen and oxygen atoms in total. The molecule has 0 radical (unpaired) electrons. The first-order valence-corrected chi connectivity index (χ1v) is 5.18. The SMILES string of the molecule is [2H]CCOC(C)(C)/C(C)=C(/C)C(C)(C)OC([2H])[2H]. The lowest BCUT2D eigenvalue weighted by atomic mass is 9.87. The van der Waals surface area contributed by atoms with Gasteiger partial charge < -0.3 is 9.47 Å². The molecule has 0 rings (SSSR count). The third kappa shape index (κ3) is 3.62. The van der Waals surface area contributed by atoms with Gasteiger partial charge in [0.25, 0.3) is 0 Å².